The van der Waals surface area contributed by atoms with Crippen LogP contribution in [0.2, 0.25) is 0 Å². The van der Waals surface area contributed by atoms with Crippen LogP contribution in [0.4, 0.5) is 17.1 Å². The van der Waals surface area contributed by atoms with Crippen LogP contribution in [0.1, 0.15) is 22.3 Å². The zero-order chi connectivity index (χ0) is 41.0. The summed E-state index contributed by atoms with van der Waals surface area (Å²) in [5.41, 5.74) is 18.2. The van der Waals surface area contributed by atoms with E-state index in [0.29, 0.717) is 17.5 Å². The molecular weight excluding hydrogens is 753 g/mol. The molecule has 0 radical (unpaired) electrons. The van der Waals surface area contributed by atoms with Crippen LogP contribution in [0.5, 0.6) is 0 Å². The van der Waals surface area contributed by atoms with Gasteiger partial charge in [-0.05, 0) is 98.1 Å². The molecule has 0 saturated heterocycles. The molecule has 0 unspecified atom stereocenters. The number of benzene rings is 9. The number of anilines is 3. The van der Waals surface area contributed by atoms with Gasteiger partial charge in [0.2, 0.25) is 0 Å². The first kappa shape index (κ1) is 35.7. The van der Waals surface area contributed by atoms with Gasteiger partial charge in [-0.15, -0.1) is 0 Å². The molecule has 0 N–H and O–H groups in total. The maximum atomic E-state index is 5.01. The molecule has 0 fully saturated rings. The molecule has 0 saturated carbocycles. The second-order valence-corrected chi connectivity index (χ2v) is 16.0. The van der Waals surface area contributed by atoms with Gasteiger partial charge < -0.3 is 4.90 Å². The molecular formula is C58H38N4. The van der Waals surface area contributed by atoms with E-state index in [1.165, 1.54) is 50.3 Å². The fourth-order valence-corrected chi connectivity index (χ4v) is 9.80. The average Bonchev–Trinajstić information content (AvgIpc) is 3.65. The van der Waals surface area contributed by atoms with Crippen molar-refractivity contribution >= 4 is 17.1 Å². The highest BCUT2D eigenvalue weighted by Crippen LogP contribution is 2.63. The fourth-order valence-electron chi connectivity index (χ4n) is 9.80. The summed E-state index contributed by atoms with van der Waals surface area (Å²) >= 11 is 0. The Bertz CT molecular complexity index is 3200. The summed E-state index contributed by atoms with van der Waals surface area (Å²) in [6.07, 6.45) is 0. The van der Waals surface area contributed by atoms with Crippen molar-refractivity contribution in [2.45, 2.75) is 5.41 Å². The van der Waals surface area contributed by atoms with Gasteiger partial charge in [0.1, 0.15) is 0 Å². The molecule has 1 aliphatic heterocycles. The van der Waals surface area contributed by atoms with Crippen LogP contribution in [-0.2, 0) is 5.41 Å². The van der Waals surface area contributed by atoms with E-state index in [0.717, 1.165) is 39.1 Å². The normalized spacial score (nSPS) is 12.9. The zero-order valence-corrected chi connectivity index (χ0v) is 33.7. The van der Waals surface area contributed by atoms with E-state index in [1.54, 1.807) is 0 Å². The van der Waals surface area contributed by atoms with Gasteiger partial charge in [0.15, 0.2) is 17.5 Å². The molecule has 0 atom stereocenters. The Balaban J connectivity index is 0.965. The zero-order valence-electron chi connectivity index (χ0n) is 33.7. The van der Waals surface area contributed by atoms with Gasteiger partial charge in [0.05, 0.1) is 16.8 Å². The van der Waals surface area contributed by atoms with E-state index in [9.17, 15) is 0 Å². The summed E-state index contributed by atoms with van der Waals surface area (Å²) in [6.45, 7) is 0. The smallest absolute Gasteiger partial charge is 0.164 e. The van der Waals surface area contributed by atoms with Crippen molar-refractivity contribution in [1.82, 2.24) is 15.0 Å². The molecule has 4 nitrogen and oxygen atoms in total. The Morgan fingerprint density at radius 2 is 0.677 bits per heavy atom. The van der Waals surface area contributed by atoms with E-state index in [4.69, 9.17) is 15.0 Å². The Hall–Kier alpha value is -8.21. The lowest BCUT2D eigenvalue weighted by Gasteiger charge is -2.45. The highest BCUT2D eigenvalue weighted by Gasteiger charge is 2.51. The lowest BCUT2D eigenvalue weighted by atomic mass is 9.64. The van der Waals surface area contributed by atoms with Crippen molar-refractivity contribution in [3.05, 3.63) is 253 Å². The van der Waals surface area contributed by atoms with Crippen LogP contribution in [0, 0.1) is 0 Å². The van der Waals surface area contributed by atoms with E-state index in [2.05, 4.69) is 175 Å². The van der Waals surface area contributed by atoms with Gasteiger partial charge >= 0.3 is 0 Å². The Labute approximate surface area is 361 Å². The van der Waals surface area contributed by atoms with Crippen molar-refractivity contribution in [3.8, 4) is 67.5 Å². The second kappa shape index (κ2) is 14.5. The predicted molar refractivity (Wildman–Crippen MR) is 253 cm³/mol. The topological polar surface area (TPSA) is 41.9 Å². The largest absolute Gasteiger partial charge is 0.310 e. The van der Waals surface area contributed by atoms with Crippen LogP contribution in [-0.4, -0.2) is 15.0 Å². The highest BCUT2D eigenvalue weighted by molar-refractivity contribution is 5.96. The highest BCUT2D eigenvalue weighted by atomic mass is 15.2. The first-order chi connectivity index (χ1) is 30.7. The number of fused-ring (bicyclic) bond motifs is 9. The minimum absolute atomic E-state index is 0.485. The lowest BCUT2D eigenvalue weighted by Crippen LogP contribution is -2.36. The van der Waals surface area contributed by atoms with E-state index in [1.807, 2.05) is 60.7 Å². The molecule has 0 bridgehead atoms. The Morgan fingerprint density at radius 3 is 1.26 bits per heavy atom. The maximum absolute atomic E-state index is 5.01. The number of rotatable bonds is 6. The molecule has 1 spiro atoms. The number of aromatic nitrogens is 3. The standard InChI is InChI=1S/C58H38N4/c1-4-18-39(19-5-1)55-59-56(40-20-6-2-7-21-40)61-57(60-55)45-25-17-24-43(37-45)41-22-16-23-42(36-41)44-34-35-50-48(38-44)47-28-10-11-29-49(47)58(50)51-30-12-14-32-53(51)62(46-26-8-3-9-27-46)54-33-15-13-31-52(54)58/h1-38H. The molecule has 4 heteroatoms. The molecule has 9 aromatic carbocycles. The van der Waals surface area contributed by atoms with E-state index >= 15 is 0 Å². The van der Waals surface area contributed by atoms with Crippen LogP contribution in [0.25, 0.3) is 67.5 Å². The van der Waals surface area contributed by atoms with Gasteiger partial charge in [0.25, 0.3) is 0 Å². The summed E-state index contributed by atoms with van der Waals surface area (Å²) in [6, 6.07) is 82.5. The van der Waals surface area contributed by atoms with Crippen LogP contribution in [0.15, 0.2) is 231 Å². The van der Waals surface area contributed by atoms with Crippen molar-refractivity contribution in [2.24, 2.45) is 0 Å². The number of hydrogen-bond donors (Lipinski definition) is 0. The predicted octanol–water partition coefficient (Wildman–Crippen LogP) is 14.4. The Kier molecular flexibility index (Phi) is 8.36. The van der Waals surface area contributed by atoms with Gasteiger partial charge in [-0.25, -0.2) is 15.0 Å². The van der Waals surface area contributed by atoms with Crippen molar-refractivity contribution in [1.29, 1.82) is 0 Å². The summed E-state index contributed by atoms with van der Waals surface area (Å²) in [5.74, 6) is 1.94. The number of para-hydroxylation sites is 3. The van der Waals surface area contributed by atoms with Crippen LogP contribution in [0.3, 0.4) is 0 Å². The van der Waals surface area contributed by atoms with Crippen LogP contribution < -0.4 is 4.90 Å². The molecule has 290 valence electrons. The fraction of sp³-hybridized carbons (Fsp3) is 0.0172. The van der Waals surface area contributed by atoms with Crippen molar-refractivity contribution in [2.75, 3.05) is 4.90 Å². The molecule has 1 aromatic heterocycles. The summed E-state index contributed by atoms with van der Waals surface area (Å²) in [5, 5.41) is 0. The van der Waals surface area contributed by atoms with Gasteiger partial charge in [-0.1, -0.05) is 188 Å². The minimum atomic E-state index is -0.485. The second-order valence-electron chi connectivity index (χ2n) is 16.0. The minimum Gasteiger partial charge on any atom is -0.310 e. The van der Waals surface area contributed by atoms with Crippen LogP contribution >= 0.6 is 0 Å². The van der Waals surface area contributed by atoms with Crippen molar-refractivity contribution < 1.29 is 0 Å². The molecule has 0 amide bonds. The van der Waals surface area contributed by atoms with Gasteiger partial charge in [-0.2, -0.15) is 0 Å². The maximum Gasteiger partial charge on any atom is 0.164 e. The molecule has 2 heterocycles. The van der Waals surface area contributed by atoms with E-state index < -0.39 is 5.41 Å². The molecule has 1 aliphatic carbocycles. The van der Waals surface area contributed by atoms with Gasteiger partial charge in [-0.3, -0.25) is 0 Å². The molecule has 10 aromatic rings. The van der Waals surface area contributed by atoms with Gasteiger partial charge in [0, 0.05) is 22.4 Å². The third kappa shape index (κ3) is 5.65. The number of nitrogens with zero attached hydrogens (tertiary/aromatic N) is 4. The molecule has 12 rings (SSSR count). The van der Waals surface area contributed by atoms with Crippen molar-refractivity contribution in [3.63, 3.8) is 0 Å². The quantitative estimate of drug-likeness (QED) is 0.168. The molecule has 62 heavy (non-hydrogen) atoms. The third-order valence-electron chi connectivity index (χ3n) is 12.5. The Morgan fingerprint density at radius 1 is 0.274 bits per heavy atom. The SMILES string of the molecule is c1ccc(-c2nc(-c3ccccc3)nc(-c3cccc(-c4cccc(-c5ccc6c(c5)-c5ccccc5C65c6ccccc6N(c6ccccc6)c6ccccc65)c4)c3)n2)cc1. The summed E-state index contributed by atoms with van der Waals surface area (Å²) in [7, 11) is 0. The summed E-state index contributed by atoms with van der Waals surface area (Å²) in [4.78, 5) is 17.4. The average molecular weight is 791 g/mol. The summed E-state index contributed by atoms with van der Waals surface area (Å²) < 4.78 is 0. The molecule has 2 aliphatic rings. The monoisotopic (exact) mass is 790 g/mol. The lowest BCUT2D eigenvalue weighted by molar-refractivity contribution is 0.753. The third-order valence-corrected chi connectivity index (χ3v) is 12.5. The first-order valence-electron chi connectivity index (χ1n) is 21.1. The number of hydrogen-bond acceptors (Lipinski definition) is 4. The van der Waals surface area contributed by atoms with E-state index in [-0.39, 0.29) is 0 Å². The first-order valence-corrected chi connectivity index (χ1v) is 21.1.